The van der Waals surface area contributed by atoms with Crippen molar-refractivity contribution < 1.29 is 0 Å². The minimum atomic E-state index is -0.0201. The molecule has 0 bridgehead atoms. The van der Waals surface area contributed by atoms with Crippen molar-refractivity contribution in [3.8, 4) is 11.1 Å². The predicted octanol–water partition coefficient (Wildman–Crippen LogP) is 12.1. The quantitative estimate of drug-likeness (QED) is 0.194. The molecule has 0 heterocycles. The van der Waals surface area contributed by atoms with E-state index in [0.717, 1.165) is 17.1 Å². The SMILES string of the molecule is CC1(C)c2ccccc2-c2cc3ccc4cc(N(c5ccccc5)c5ccc6c(ccc7ccccc76)c5)ccc4c3cc21. The van der Waals surface area contributed by atoms with E-state index in [9.17, 15) is 0 Å². The number of anilines is 3. The maximum Gasteiger partial charge on any atom is 0.0468 e. The first-order valence-electron chi connectivity index (χ1n) is 15.4. The van der Waals surface area contributed by atoms with Gasteiger partial charge >= 0.3 is 0 Å². The number of fused-ring (bicyclic) bond motifs is 9. The van der Waals surface area contributed by atoms with E-state index in [-0.39, 0.29) is 5.41 Å². The fourth-order valence-electron chi connectivity index (χ4n) is 7.55. The Morgan fingerprint density at radius 3 is 1.68 bits per heavy atom. The van der Waals surface area contributed by atoms with E-state index in [1.54, 1.807) is 0 Å². The van der Waals surface area contributed by atoms with Crippen molar-refractivity contribution in [1.82, 2.24) is 0 Å². The highest BCUT2D eigenvalue weighted by atomic mass is 15.1. The van der Waals surface area contributed by atoms with E-state index in [0.29, 0.717) is 0 Å². The highest BCUT2D eigenvalue weighted by Crippen LogP contribution is 2.50. The van der Waals surface area contributed by atoms with Crippen LogP contribution in [0.4, 0.5) is 17.1 Å². The maximum atomic E-state index is 2.45. The van der Waals surface area contributed by atoms with Gasteiger partial charge in [-0.1, -0.05) is 117 Å². The lowest BCUT2D eigenvalue weighted by atomic mass is 9.81. The van der Waals surface area contributed by atoms with E-state index >= 15 is 0 Å². The third-order valence-corrected chi connectivity index (χ3v) is 9.78. The lowest BCUT2D eigenvalue weighted by Crippen LogP contribution is -2.14. The van der Waals surface area contributed by atoms with Gasteiger partial charge in [-0.25, -0.2) is 0 Å². The fourth-order valence-corrected chi connectivity index (χ4v) is 7.55. The van der Waals surface area contributed by atoms with Crippen LogP contribution in [-0.2, 0) is 5.41 Å². The number of nitrogens with zero attached hydrogens (tertiary/aromatic N) is 1. The van der Waals surface area contributed by atoms with Crippen LogP contribution in [-0.4, -0.2) is 0 Å². The molecule has 44 heavy (non-hydrogen) atoms. The summed E-state index contributed by atoms with van der Waals surface area (Å²) in [6.07, 6.45) is 0. The Balaban J connectivity index is 1.21. The molecule has 0 aromatic heterocycles. The molecule has 0 saturated carbocycles. The summed E-state index contributed by atoms with van der Waals surface area (Å²) < 4.78 is 0. The summed E-state index contributed by atoms with van der Waals surface area (Å²) in [6, 6.07) is 55.9. The van der Waals surface area contributed by atoms with Gasteiger partial charge in [0.25, 0.3) is 0 Å². The molecule has 1 heteroatoms. The van der Waals surface area contributed by atoms with Gasteiger partial charge in [-0.15, -0.1) is 0 Å². The van der Waals surface area contributed by atoms with E-state index in [2.05, 4.69) is 170 Å². The van der Waals surface area contributed by atoms with Gasteiger partial charge < -0.3 is 4.90 Å². The molecule has 1 nitrogen and oxygen atoms in total. The molecule has 0 unspecified atom stereocenters. The lowest BCUT2D eigenvalue weighted by molar-refractivity contribution is 0.661. The summed E-state index contributed by atoms with van der Waals surface area (Å²) in [5.41, 5.74) is 8.99. The largest absolute Gasteiger partial charge is 0.310 e. The highest BCUT2D eigenvalue weighted by Gasteiger charge is 2.35. The molecule has 8 aromatic rings. The van der Waals surface area contributed by atoms with Crippen LogP contribution in [0, 0.1) is 0 Å². The molecule has 0 aliphatic heterocycles. The normalized spacial score (nSPS) is 13.4. The first-order valence-corrected chi connectivity index (χ1v) is 15.4. The second-order valence-electron chi connectivity index (χ2n) is 12.6. The Morgan fingerprint density at radius 1 is 0.364 bits per heavy atom. The van der Waals surface area contributed by atoms with E-state index in [4.69, 9.17) is 0 Å². The van der Waals surface area contributed by atoms with Gasteiger partial charge in [0.1, 0.15) is 0 Å². The van der Waals surface area contributed by atoms with Crippen LogP contribution >= 0.6 is 0 Å². The molecule has 0 radical (unpaired) electrons. The van der Waals surface area contributed by atoms with Crippen LogP contribution in [0.15, 0.2) is 152 Å². The molecule has 1 aliphatic rings. The molecule has 1 aliphatic carbocycles. The summed E-state index contributed by atoms with van der Waals surface area (Å²) in [5, 5.41) is 10.2. The average molecular weight is 562 g/mol. The lowest BCUT2D eigenvalue weighted by Gasteiger charge is -2.26. The van der Waals surface area contributed by atoms with Gasteiger partial charge in [-0.05, 0) is 114 Å². The molecule has 0 saturated heterocycles. The van der Waals surface area contributed by atoms with Crippen molar-refractivity contribution in [3.63, 3.8) is 0 Å². The first kappa shape index (κ1) is 25.1. The Labute approximate surface area is 257 Å². The van der Waals surface area contributed by atoms with Crippen molar-refractivity contribution in [2.75, 3.05) is 4.90 Å². The van der Waals surface area contributed by atoms with Crippen molar-refractivity contribution in [3.05, 3.63) is 163 Å². The number of rotatable bonds is 3. The molecule has 0 amide bonds. The van der Waals surface area contributed by atoms with Gasteiger partial charge in [0.2, 0.25) is 0 Å². The highest BCUT2D eigenvalue weighted by molar-refractivity contribution is 6.11. The van der Waals surface area contributed by atoms with E-state index in [1.165, 1.54) is 65.3 Å². The number of benzene rings is 8. The zero-order chi connectivity index (χ0) is 29.4. The Bertz CT molecular complexity index is 2420. The molecule has 0 fully saturated rings. The summed E-state index contributed by atoms with van der Waals surface area (Å²) >= 11 is 0. The van der Waals surface area contributed by atoms with Crippen molar-refractivity contribution >= 4 is 60.2 Å². The van der Waals surface area contributed by atoms with Gasteiger partial charge in [0.05, 0.1) is 0 Å². The molecule has 0 N–H and O–H groups in total. The molecular weight excluding hydrogens is 530 g/mol. The number of para-hydroxylation sites is 1. The van der Waals surface area contributed by atoms with Gasteiger partial charge in [0, 0.05) is 22.5 Å². The summed E-state index contributed by atoms with van der Waals surface area (Å²) in [4.78, 5) is 2.38. The fraction of sp³-hybridized carbons (Fsp3) is 0.0698. The smallest absolute Gasteiger partial charge is 0.0468 e. The molecule has 0 spiro atoms. The molecular formula is C43H31N. The summed E-state index contributed by atoms with van der Waals surface area (Å²) in [6.45, 7) is 4.72. The summed E-state index contributed by atoms with van der Waals surface area (Å²) in [5.74, 6) is 0. The minimum absolute atomic E-state index is 0.0201. The van der Waals surface area contributed by atoms with Crippen molar-refractivity contribution in [2.45, 2.75) is 19.3 Å². The maximum absolute atomic E-state index is 2.45. The van der Waals surface area contributed by atoms with Crippen LogP contribution < -0.4 is 4.90 Å². The third kappa shape index (κ3) is 3.66. The molecule has 9 rings (SSSR count). The first-order chi connectivity index (χ1) is 21.6. The summed E-state index contributed by atoms with van der Waals surface area (Å²) in [7, 11) is 0. The zero-order valence-corrected chi connectivity index (χ0v) is 24.9. The molecule has 8 aromatic carbocycles. The molecule has 208 valence electrons. The van der Waals surface area contributed by atoms with Gasteiger partial charge in [-0.2, -0.15) is 0 Å². The van der Waals surface area contributed by atoms with Crippen LogP contribution in [0.25, 0.3) is 54.2 Å². The standard InChI is InChI=1S/C43H31N/c1-43(2)41-15-9-8-14-38(41)40-26-31-19-18-30-25-34(21-23-37(30)39(31)27-42(40)43)44(32-11-4-3-5-12-32)33-20-22-36-29(24-33)17-16-28-10-6-7-13-35(28)36/h3-27H,1-2H3. The van der Waals surface area contributed by atoms with Crippen LogP contribution in [0.3, 0.4) is 0 Å². The van der Waals surface area contributed by atoms with Crippen molar-refractivity contribution in [2.24, 2.45) is 0 Å². The predicted molar refractivity (Wildman–Crippen MR) is 189 cm³/mol. The molecule has 0 atom stereocenters. The average Bonchev–Trinajstić information content (AvgIpc) is 3.29. The topological polar surface area (TPSA) is 3.24 Å². The van der Waals surface area contributed by atoms with E-state index in [1.807, 2.05) is 0 Å². The second-order valence-corrected chi connectivity index (χ2v) is 12.6. The second kappa shape index (κ2) is 9.30. The van der Waals surface area contributed by atoms with Crippen LogP contribution in [0.5, 0.6) is 0 Å². The van der Waals surface area contributed by atoms with Gasteiger partial charge in [-0.3, -0.25) is 0 Å². The monoisotopic (exact) mass is 561 g/mol. The number of hydrogen-bond donors (Lipinski definition) is 0. The van der Waals surface area contributed by atoms with Crippen molar-refractivity contribution in [1.29, 1.82) is 0 Å². The Hall–Kier alpha value is -5.40. The van der Waals surface area contributed by atoms with E-state index < -0.39 is 0 Å². The Morgan fingerprint density at radius 2 is 0.932 bits per heavy atom. The zero-order valence-electron chi connectivity index (χ0n) is 24.9. The Kier molecular flexibility index (Phi) is 5.31. The minimum Gasteiger partial charge on any atom is -0.310 e. The van der Waals surface area contributed by atoms with Crippen LogP contribution in [0.2, 0.25) is 0 Å². The van der Waals surface area contributed by atoms with Crippen LogP contribution in [0.1, 0.15) is 25.0 Å². The number of hydrogen-bond acceptors (Lipinski definition) is 1. The van der Waals surface area contributed by atoms with Gasteiger partial charge in [0.15, 0.2) is 0 Å². The third-order valence-electron chi connectivity index (χ3n) is 9.78.